The van der Waals surface area contributed by atoms with Crippen LogP contribution in [0.15, 0.2) is 6.20 Å². The molecule has 0 aliphatic carbocycles. The van der Waals surface area contributed by atoms with Crippen LogP contribution in [-0.4, -0.2) is 25.1 Å². The lowest BCUT2D eigenvalue weighted by molar-refractivity contribution is 0.465. The van der Waals surface area contributed by atoms with Crippen LogP contribution in [0.5, 0.6) is 5.75 Å². The summed E-state index contributed by atoms with van der Waals surface area (Å²) in [6.07, 6.45) is 1.52. The van der Waals surface area contributed by atoms with E-state index in [1.165, 1.54) is 10.9 Å². The van der Waals surface area contributed by atoms with E-state index in [1.807, 2.05) is 13.8 Å². The highest BCUT2D eigenvalue weighted by Crippen LogP contribution is 2.26. The maximum Gasteiger partial charge on any atom is 0.167 e. The predicted octanol–water partition coefficient (Wildman–Crippen LogP) is 1.58. The lowest BCUT2D eigenvalue weighted by Gasteiger charge is -2.14. The average molecular weight is 272 g/mol. The summed E-state index contributed by atoms with van der Waals surface area (Å²) >= 11 is 0. The van der Waals surface area contributed by atoms with Gasteiger partial charge in [-0.3, -0.25) is 4.68 Å². The summed E-state index contributed by atoms with van der Waals surface area (Å²) in [5.74, 6) is 0.496. The molecule has 0 spiro atoms. The second-order valence-electron chi connectivity index (χ2n) is 4.69. The zero-order valence-corrected chi connectivity index (χ0v) is 11.8. The fourth-order valence-electron chi connectivity index (χ4n) is 1.92. The lowest BCUT2D eigenvalue weighted by atomic mass is 10.1. The number of aromatic nitrogens is 4. The summed E-state index contributed by atoms with van der Waals surface area (Å²) in [5, 5.41) is 34.3. The zero-order valence-electron chi connectivity index (χ0n) is 11.8. The Bertz CT molecular complexity index is 685. The van der Waals surface area contributed by atoms with Crippen molar-refractivity contribution in [3.8, 4) is 11.8 Å². The van der Waals surface area contributed by atoms with Gasteiger partial charge >= 0.3 is 0 Å². The third-order valence-corrected chi connectivity index (χ3v) is 3.17. The largest absolute Gasteiger partial charge is 0.504 e. The van der Waals surface area contributed by atoms with E-state index in [-0.39, 0.29) is 11.8 Å². The summed E-state index contributed by atoms with van der Waals surface area (Å²) in [6.45, 7) is 5.47. The van der Waals surface area contributed by atoms with E-state index in [1.54, 1.807) is 14.0 Å². The van der Waals surface area contributed by atoms with Crippen LogP contribution in [0, 0.1) is 25.2 Å². The topological polar surface area (TPSA) is 99.7 Å². The number of hydrogen-bond donors (Lipinski definition) is 2. The standard InChI is InChI=1S/C13H16N6O/c1-7-8(2)16-17-13(10(7)5-14)15-9(3)12-11(20)6-19(4)18-12/h6,9,20H,1-4H3,(H,15,17). The molecule has 2 aromatic rings. The second kappa shape index (κ2) is 5.17. The van der Waals surface area contributed by atoms with Gasteiger partial charge in [0.2, 0.25) is 0 Å². The van der Waals surface area contributed by atoms with Gasteiger partial charge in [-0.15, -0.1) is 5.10 Å². The van der Waals surface area contributed by atoms with Gasteiger partial charge in [0.1, 0.15) is 17.3 Å². The van der Waals surface area contributed by atoms with Crippen LogP contribution in [0.1, 0.15) is 35.5 Å². The van der Waals surface area contributed by atoms with Gasteiger partial charge in [-0.25, -0.2) is 0 Å². The molecule has 0 amide bonds. The number of nitrogens with zero attached hydrogens (tertiary/aromatic N) is 5. The van der Waals surface area contributed by atoms with E-state index in [9.17, 15) is 10.4 Å². The minimum atomic E-state index is -0.292. The summed E-state index contributed by atoms with van der Waals surface area (Å²) in [7, 11) is 1.73. The Morgan fingerprint density at radius 3 is 2.65 bits per heavy atom. The van der Waals surface area contributed by atoms with E-state index in [2.05, 4.69) is 26.7 Å². The predicted molar refractivity (Wildman–Crippen MR) is 73.1 cm³/mol. The van der Waals surface area contributed by atoms with Crippen LogP contribution < -0.4 is 5.32 Å². The van der Waals surface area contributed by atoms with Gasteiger partial charge in [-0.2, -0.15) is 15.5 Å². The monoisotopic (exact) mass is 272 g/mol. The van der Waals surface area contributed by atoms with Crippen LogP contribution in [-0.2, 0) is 7.05 Å². The minimum Gasteiger partial charge on any atom is -0.504 e. The molecule has 0 fully saturated rings. The molecule has 0 saturated heterocycles. The Labute approximate surface area is 116 Å². The number of aromatic hydroxyl groups is 1. The van der Waals surface area contributed by atoms with E-state index in [0.29, 0.717) is 17.1 Å². The van der Waals surface area contributed by atoms with Crippen LogP contribution in [0.3, 0.4) is 0 Å². The van der Waals surface area contributed by atoms with Crippen LogP contribution >= 0.6 is 0 Å². The van der Waals surface area contributed by atoms with Crippen molar-refractivity contribution >= 4 is 5.82 Å². The van der Waals surface area contributed by atoms with Gasteiger partial charge in [0, 0.05) is 7.05 Å². The first-order valence-electron chi connectivity index (χ1n) is 6.17. The molecule has 0 aliphatic heterocycles. The third kappa shape index (κ3) is 2.40. The van der Waals surface area contributed by atoms with Crippen molar-refractivity contribution in [3.05, 3.63) is 28.7 Å². The SMILES string of the molecule is Cc1nnc(NC(C)c2nn(C)cc2O)c(C#N)c1C. The van der Waals surface area contributed by atoms with Crippen molar-refractivity contribution in [2.45, 2.75) is 26.8 Å². The van der Waals surface area contributed by atoms with Gasteiger partial charge in [0.15, 0.2) is 11.6 Å². The quantitative estimate of drug-likeness (QED) is 0.879. The van der Waals surface area contributed by atoms with Crippen LogP contribution in [0.4, 0.5) is 5.82 Å². The molecule has 7 heteroatoms. The molecule has 2 rings (SSSR count). The molecule has 2 N–H and O–H groups in total. The van der Waals surface area contributed by atoms with Gasteiger partial charge in [0.05, 0.1) is 17.9 Å². The Morgan fingerprint density at radius 1 is 1.40 bits per heavy atom. The maximum atomic E-state index is 9.78. The Hall–Kier alpha value is -2.62. The fourth-order valence-corrected chi connectivity index (χ4v) is 1.92. The normalized spacial score (nSPS) is 11.9. The summed E-state index contributed by atoms with van der Waals surface area (Å²) in [5.41, 5.74) is 2.47. The highest BCUT2D eigenvalue weighted by molar-refractivity contribution is 5.56. The van der Waals surface area contributed by atoms with Crippen molar-refractivity contribution in [2.75, 3.05) is 5.32 Å². The van der Waals surface area contributed by atoms with Gasteiger partial charge in [-0.05, 0) is 26.3 Å². The molecule has 0 aliphatic rings. The van der Waals surface area contributed by atoms with E-state index in [0.717, 1.165) is 11.3 Å². The van der Waals surface area contributed by atoms with Gasteiger partial charge in [0.25, 0.3) is 0 Å². The van der Waals surface area contributed by atoms with Crippen molar-refractivity contribution in [1.29, 1.82) is 5.26 Å². The van der Waals surface area contributed by atoms with Gasteiger partial charge < -0.3 is 10.4 Å². The molecule has 0 bridgehead atoms. The highest BCUT2D eigenvalue weighted by Gasteiger charge is 2.18. The number of hydrogen-bond acceptors (Lipinski definition) is 6. The van der Waals surface area contributed by atoms with Crippen molar-refractivity contribution in [2.24, 2.45) is 7.05 Å². The van der Waals surface area contributed by atoms with Crippen LogP contribution in [0.25, 0.3) is 0 Å². The van der Waals surface area contributed by atoms with E-state index >= 15 is 0 Å². The Morgan fingerprint density at radius 2 is 2.10 bits per heavy atom. The first-order valence-corrected chi connectivity index (χ1v) is 6.17. The van der Waals surface area contributed by atoms with E-state index < -0.39 is 0 Å². The molecule has 0 aromatic carbocycles. The summed E-state index contributed by atoms with van der Waals surface area (Å²) in [6, 6.07) is 1.84. The molecule has 0 radical (unpaired) electrons. The molecule has 0 saturated carbocycles. The first-order chi connectivity index (χ1) is 9.43. The van der Waals surface area contributed by atoms with E-state index in [4.69, 9.17) is 0 Å². The number of aryl methyl sites for hydroxylation is 2. The average Bonchev–Trinajstić information content (AvgIpc) is 2.73. The maximum absolute atomic E-state index is 9.78. The fraction of sp³-hybridized carbons (Fsp3) is 0.385. The van der Waals surface area contributed by atoms with Crippen molar-refractivity contribution in [1.82, 2.24) is 20.0 Å². The molecule has 7 nitrogen and oxygen atoms in total. The number of nitriles is 1. The molecular formula is C13H16N6O. The molecule has 104 valence electrons. The molecule has 1 unspecified atom stereocenters. The highest BCUT2D eigenvalue weighted by atomic mass is 16.3. The Kier molecular flexibility index (Phi) is 3.57. The van der Waals surface area contributed by atoms with Crippen LogP contribution in [0.2, 0.25) is 0 Å². The third-order valence-electron chi connectivity index (χ3n) is 3.17. The lowest BCUT2D eigenvalue weighted by Crippen LogP contribution is -2.12. The number of anilines is 1. The smallest absolute Gasteiger partial charge is 0.167 e. The molecule has 1 atom stereocenters. The van der Waals surface area contributed by atoms with Gasteiger partial charge in [-0.1, -0.05) is 0 Å². The molecular weight excluding hydrogens is 256 g/mol. The molecule has 2 aromatic heterocycles. The summed E-state index contributed by atoms with van der Waals surface area (Å²) in [4.78, 5) is 0. The summed E-state index contributed by atoms with van der Waals surface area (Å²) < 4.78 is 1.53. The molecule has 2 heterocycles. The zero-order chi connectivity index (χ0) is 14.9. The Balaban J connectivity index is 2.33. The van der Waals surface area contributed by atoms with Crippen molar-refractivity contribution in [3.63, 3.8) is 0 Å². The number of rotatable bonds is 3. The molecule has 20 heavy (non-hydrogen) atoms. The first kappa shape index (κ1) is 13.8. The minimum absolute atomic E-state index is 0.0998. The second-order valence-corrected chi connectivity index (χ2v) is 4.69. The number of nitrogens with one attached hydrogen (secondary N) is 1. The van der Waals surface area contributed by atoms with Crippen molar-refractivity contribution < 1.29 is 5.11 Å².